The maximum atomic E-state index is 13.1. The predicted molar refractivity (Wildman–Crippen MR) is 62.7 cm³/mol. The number of hydrogen-bond donors (Lipinski definition) is 0. The Morgan fingerprint density at radius 3 is 3.00 bits per heavy atom. The minimum Gasteiger partial charge on any atom is -0.350 e. The molecule has 0 spiro atoms. The van der Waals surface area contributed by atoms with Crippen molar-refractivity contribution in [3.63, 3.8) is 0 Å². The minimum atomic E-state index is -0.0661. The van der Waals surface area contributed by atoms with E-state index in [0.29, 0.717) is 6.54 Å². The molecule has 4 heteroatoms. The first kappa shape index (κ1) is 10.6. The van der Waals surface area contributed by atoms with Gasteiger partial charge in [0.05, 0.1) is 6.54 Å². The SMILES string of the molecule is Cc1cc(N2CCC=C(F)C2)ncc1Br. The quantitative estimate of drug-likeness (QED) is 0.779. The van der Waals surface area contributed by atoms with E-state index < -0.39 is 0 Å². The van der Waals surface area contributed by atoms with Crippen LogP contribution in [0.25, 0.3) is 0 Å². The van der Waals surface area contributed by atoms with Crippen molar-refractivity contribution >= 4 is 21.7 Å². The van der Waals surface area contributed by atoms with Gasteiger partial charge in [0.1, 0.15) is 11.6 Å². The standard InChI is InChI=1S/C11H12BrFN2/c1-8-5-11(14-6-10(8)12)15-4-2-3-9(13)7-15/h3,5-6H,2,4,7H2,1H3. The molecule has 0 aliphatic carbocycles. The first-order chi connectivity index (χ1) is 7.16. The molecule has 0 saturated heterocycles. The molecule has 2 rings (SSSR count). The molecule has 0 N–H and O–H groups in total. The predicted octanol–water partition coefficient (Wildman–Crippen LogP) is 3.22. The lowest BCUT2D eigenvalue weighted by molar-refractivity contribution is 0.573. The third kappa shape index (κ3) is 2.37. The molecule has 2 nitrogen and oxygen atoms in total. The van der Waals surface area contributed by atoms with Crippen LogP contribution in [-0.4, -0.2) is 18.1 Å². The summed E-state index contributed by atoms with van der Waals surface area (Å²) in [7, 11) is 0. The van der Waals surface area contributed by atoms with E-state index in [4.69, 9.17) is 0 Å². The largest absolute Gasteiger partial charge is 0.350 e. The monoisotopic (exact) mass is 270 g/mol. The van der Waals surface area contributed by atoms with Crippen LogP contribution in [0.1, 0.15) is 12.0 Å². The summed E-state index contributed by atoms with van der Waals surface area (Å²) in [5.41, 5.74) is 1.12. The molecule has 1 aliphatic rings. The van der Waals surface area contributed by atoms with Crippen LogP contribution in [0.3, 0.4) is 0 Å². The number of anilines is 1. The van der Waals surface area contributed by atoms with Crippen molar-refractivity contribution in [1.29, 1.82) is 0 Å². The normalized spacial score (nSPS) is 16.5. The van der Waals surface area contributed by atoms with Crippen LogP contribution in [0.5, 0.6) is 0 Å². The molecule has 0 bridgehead atoms. The van der Waals surface area contributed by atoms with Gasteiger partial charge in [-0.15, -0.1) is 0 Å². The maximum absolute atomic E-state index is 13.1. The van der Waals surface area contributed by atoms with E-state index in [-0.39, 0.29) is 5.83 Å². The van der Waals surface area contributed by atoms with E-state index in [0.717, 1.165) is 28.8 Å². The second-order valence-corrected chi connectivity index (χ2v) is 4.51. The van der Waals surface area contributed by atoms with Crippen LogP contribution < -0.4 is 4.90 Å². The Balaban J connectivity index is 2.23. The van der Waals surface area contributed by atoms with E-state index in [1.807, 2.05) is 17.9 Å². The van der Waals surface area contributed by atoms with Crippen LogP contribution >= 0.6 is 15.9 Å². The van der Waals surface area contributed by atoms with E-state index in [9.17, 15) is 4.39 Å². The zero-order valence-corrected chi connectivity index (χ0v) is 10.1. The summed E-state index contributed by atoms with van der Waals surface area (Å²) in [4.78, 5) is 6.24. The number of pyridine rings is 1. The van der Waals surface area contributed by atoms with Gasteiger partial charge in [-0.2, -0.15) is 0 Å². The molecule has 0 amide bonds. The first-order valence-corrected chi connectivity index (χ1v) is 5.68. The van der Waals surface area contributed by atoms with Crippen molar-refractivity contribution in [2.45, 2.75) is 13.3 Å². The van der Waals surface area contributed by atoms with Gasteiger partial charge in [-0.25, -0.2) is 9.37 Å². The Hall–Kier alpha value is -0.900. The van der Waals surface area contributed by atoms with Gasteiger partial charge in [0.2, 0.25) is 0 Å². The average Bonchev–Trinajstić information content (AvgIpc) is 2.22. The van der Waals surface area contributed by atoms with Crippen LogP contribution in [0.4, 0.5) is 10.2 Å². The Morgan fingerprint density at radius 2 is 2.33 bits per heavy atom. The average molecular weight is 271 g/mol. The van der Waals surface area contributed by atoms with Crippen molar-refractivity contribution in [2.75, 3.05) is 18.0 Å². The number of rotatable bonds is 1. The zero-order chi connectivity index (χ0) is 10.8. The van der Waals surface area contributed by atoms with Gasteiger partial charge in [-0.1, -0.05) is 0 Å². The summed E-state index contributed by atoms with van der Waals surface area (Å²) in [5.74, 6) is 0.780. The lowest BCUT2D eigenvalue weighted by Gasteiger charge is -2.25. The highest BCUT2D eigenvalue weighted by molar-refractivity contribution is 9.10. The smallest absolute Gasteiger partial charge is 0.129 e. The highest BCUT2D eigenvalue weighted by Crippen LogP contribution is 2.22. The van der Waals surface area contributed by atoms with Gasteiger partial charge >= 0.3 is 0 Å². The summed E-state index contributed by atoms with van der Waals surface area (Å²) in [5, 5.41) is 0. The fraction of sp³-hybridized carbons (Fsp3) is 0.364. The fourth-order valence-electron chi connectivity index (χ4n) is 1.60. The molecule has 1 aromatic heterocycles. The Bertz CT molecular complexity index is 404. The molecule has 1 aromatic rings. The fourth-order valence-corrected chi connectivity index (χ4v) is 1.81. The van der Waals surface area contributed by atoms with Crippen molar-refractivity contribution in [1.82, 2.24) is 4.98 Å². The summed E-state index contributed by atoms with van der Waals surface area (Å²) >= 11 is 3.40. The molecule has 0 aromatic carbocycles. The third-order valence-electron chi connectivity index (χ3n) is 2.46. The van der Waals surface area contributed by atoms with E-state index >= 15 is 0 Å². The molecular formula is C11H12BrFN2. The molecule has 0 atom stereocenters. The van der Waals surface area contributed by atoms with E-state index in [2.05, 4.69) is 20.9 Å². The van der Waals surface area contributed by atoms with E-state index in [1.165, 1.54) is 0 Å². The molecule has 1 aliphatic heterocycles. The highest BCUT2D eigenvalue weighted by atomic mass is 79.9. The summed E-state index contributed by atoms with van der Waals surface area (Å²) in [6.45, 7) is 3.18. The Morgan fingerprint density at radius 1 is 1.53 bits per heavy atom. The van der Waals surface area contributed by atoms with Crippen LogP contribution in [0.15, 0.2) is 28.6 Å². The lowest BCUT2D eigenvalue weighted by Crippen LogP contribution is -2.29. The summed E-state index contributed by atoms with van der Waals surface area (Å²) in [6, 6.07) is 1.97. The highest BCUT2D eigenvalue weighted by Gasteiger charge is 2.14. The minimum absolute atomic E-state index is 0.0661. The van der Waals surface area contributed by atoms with Crippen molar-refractivity contribution < 1.29 is 4.39 Å². The van der Waals surface area contributed by atoms with Crippen LogP contribution in [0.2, 0.25) is 0 Å². The molecular weight excluding hydrogens is 259 g/mol. The van der Waals surface area contributed by atoms with E-state index in [1.54, 1.807) is 12.3 Å². The third-order valence-corrected chi connectivity index (χ3v) is 3.29. The van der Waals surface area contributed by atoms with Gasteiger partial charge in [0.15, 0.2) is 0 Å². The van der Waals surface area contributed by atoms with Crippen molar-refractivity contribution in [3.8, 4) is 0 Å². The molecule has 15 heavy (non-hydrogen) atoms. The number of aryl methyl sites for hydroxylation is 1. The number of hydrogen-bond acceptors (Lipinski definition) is 2. The van der Waals surface area contributed by atoms with Crippen LogP contribution in [0, 0.1) is 6.92 Å². The second kappa shape index (κ2) is 4.31. The molecule has 0 unspecified atom stereocenters. The molecule has 0 fully saturated rings. The van der Waals surface area contributed by atoms with Gasteiger partial charge in [0.25, 0.3) is 0 Å². The van der Waals surface area contributed by atoms with Crippen molar-refractivity contribution in [2.24, 2.45) is 0 Å². The number of aromatic nitrogens is 1. The van der Waals surface area contributed by atoms with Crippen molar-refractivity contribution in [3.05, 3.63) is 34.2 Å². The van der Waals surface area contributed by atoms with Crippen LogP contribution in [-0.2, 0) is 0 Å². The molecule has 2 heterocycles. The summed E-state index contributed by atoms with van der Waals surface area (Å²) < 4.78 is 14.1. The van der Waals surface area contributed by atoms with Gasteiger partial charge in [-0.05, 0) is 47.0 Å². The zero-order valence-electron chi connectivity index (χ0n) is 8.50. The van der Waals surface area contributed by atoms with Gasteiger partial charge in [-0.3, -0.25) is 0 Å². The maximum Gasteiger partial charge on any atom is 0.129 e. The van der Waals surface area contributed by atoms with Gasteiger partial charge < -0.3 is 4.90 Å². The second-order valence-electron chi connectivity index (χ2n) is 3.65. The number of nitrogens with zero attached hydrogens (tertiary/aromatic N) is 2. The first-order valence-electron chi connectivity index (χ1n) is 4.88. The molecule has 0 radical (unpaired) electrons. The van der Waals surface area contributed by atoms with Gasteiger partial charge in [0, 0.05) is 17.2 Å². The molecule has 0 saturated carbocycles. The Kier molecular flexibility index (Phi) is 3.05. The Labute approximate surface area is 96.9 Å². The molecule has 80 valence electrons. The number of halogens is 2. The lowest BCUT2D eigenvalue weighted by atomic mass is 10.2. The topological polar surface area (TPSA) is 16.1 Å². The summed E-state index contributed by atoms with van der Waals surface area (Å²) in [6.07, 6.45) is 4.16.